The van der Waals surface area contributed by atoms with Crippen LogP contribution in [0.2, 0.25) is 0 Å². The van der Waals surface area contributed by atoms with E-state index in [1.165, 1.54) is 11.1 Å². The summed E-state index contributed by atoms with van der Waals surface area (Å²) in [6, 6.07) is 13.8. The van der Waals surface area contributed by atoms with Crippen molar-refractivity contribution < 1.29 is 9.53 Å². The molecule has 0 radical (unpaired) electrons. The molecule has 128 valence electrons. The number of fused-ring (bicyclic) bond motifs is 1. The normalized spacial score (nSPS) is 18.5. The number of benzene rings is 2. The quantitative estimate of drug-likeness (QED) is 0.828. The van der Waals surface area contributed by atoms with Crippen molar-refractivity contribution in [3.05, 3.63) is 70.3 Å². The minimum absolute atomic E-state index is 0.266. The van der Waals surface area contributed by atoms with Gasteiger partial charge < -0.3 is 4.74 Å². The molecule has 2 aromatic carbocycles. The van der Waals surface area contributed by atoms with Crippen molar-refractivity contribution in [1.29, 1.82) is 0 Å². The monoisotopic (exact) mass is 325 g/mol. The predicted octanol–water partition coefficient (Wildman–Crippen LogP) is 4.70. The van der Waals surface area contributed by atoms with E-state index in [1.807, 2.05) is 44.2 Å². The SMILES string of the molecule is CC.CCCNC1(c2ccc(C)c(C)c2)OC(=O)c2ccccc21. The molecule has 0 saturated carbocycles. The average molecular weight is 325 g/mol. The Morgan fingerprint density at radius 1 is 1.04 bits per heavy atom. The van der Waals surface area contributed by atoms with Gasteiger partial charge in [0, 0.05) is 11.1 Å². The number of hydrogen-bond acceptors (Lipinski definition) is 3. The van der Waals surface area contributed by atoms with E-state index in [2.05, 4.69) is 38.2 Å². The molecular weight excluding hydrogens is 298 g/mol. The summed E-state index contributed by atoms with van der Waals surface area (Å²) in [6.45, 7) is 11.0. The van der Waals surface area contributed by atoms with Crippen molar-refractivity contribution in [3.8, 4) is 0 Å². The molecule has 0 saturated heterocycles. The zero-order valence-corrected chi connectivity index (χ0v) is 15.3. The van der Waals surface area contributed by atoms with Crippen LogP contribution in [0.5, 0.6) is 0 Å². The van der Waals surface area contributed by atoms with E-state index in [-0.39, 0.29) is 5.97 Å². The van der Waals surface area contributed by atoms with Gasteiger partial charge in [0.05, 0.1) is 5.56 Å². The lowest BCUT2D eigenvalue weighted by Crippen LogP contribution is -2.44. The number of carbonyl (C=O) groups is 1. The first kappa shape index (κ1) is 18.2. The number of esters is 1. The maximum Gasteiger partial charge on any atom is 0.340 e. The fourth-order valence-electron chi connectivity index (χ4n) is 2.93. The van der Waals surface area contributed by atoms with E-state index >= 15 is 0 Å². The fraction of sp³-hybridized carbons (Fsp3) is 0.381. The molecule has 0 bridgehead atoms. The number of rotatable bonds is 4. The molecule has 0 aromatic heterocycles. The van der Waals surface area contributed by atoms with E-state index in [1.54, 1.807) is 0 Å². The van der Waals surface area contributed by atoms with Crippen LogP contribution in [0.1, 0.15) is 59.8 Å². The maximum absolute atomic E-state index is 12.3. The lowest BCUT2D eigenvalue weighted by atomic mass is 9.91. The van der Waals surface area contributed by atoms with Crippen LogP contribution in [0.4, 0.5) is 0 Å². The molecule has 0 amide bonds. The topological polar surface area (TPSA) is 38.3 Å². The second kappa shape index (κ2) is 7.63. The number of cyclic esters (lactones) is 1. The Morgan fingerprint density at radius 3 is 2.42 bits per heavy atom. The number of carbonyl (C=O) groups excluding carboxylic acids is 1. The number of ether oxygens (including phenoxy) is 1. The summed E-state index contributed by atoms with van der Waals surface area (Å²) >= 11 is 0. The average Bonchev–Trinajstić information content (AvgIpc) is 2.91. The van der Waals surface area contributed by atoms with Crippen LogP contribution in [0, 0.1) is 13.8 Å². The largest absolute Gasteiger partial charge is 0.431 e. The van der Waals surface area contributed by atoms with Gasteiger partial charge in [-0.1, -0.05) is 57.2 Å². The smallest absolute Gasteiger partial charge is 0.340 e. The maximum atomic E-state index is 12.3. The van der Waals surface area contributed by atoms with Crippen LogP contribution >= 0.6 is 0 Å². The first-order chi connectivity index (χ1) is 11.6. The van der Waals surface area contributed by atoms with Gasteiger partial charge >= 0.3 is 5.97 Å². The summed E-state index contributed by atoms with van der Waals surface area (Å²) in [5, 5.41) is 3.45. The van der Waals surface area contributed by atoms with Gasteiger partial charge in [-0.05, 0) is 44.0 Å². The summed E-state index contributed by atoms with van der Waals surface area (Å²) in [6.07, 6.45) is 0.965. The Labute approximate surface area is 145 Å². The molecule has 0 fully saturated rings. The van der Waals surface area contributed by atoms with Crippen molar-refractivity contribution in [1.82, 2.24) is 5.32 Å². The molecule has 3 nitrogen and oxygen atoms in total. The van der Waals surface area contributed by atoms with Crippen LogP contribution in [-0.4, -0.2) is 12.5 Å². The highest BCUT2D eigenvalue weighted by atomic mass is 16.6. The standard InChI is InChI=1S/C19H21NO2.C2H6/c1-4-11-20-19(15-10-9-13(2)14(3)12-15)17-8-6-5-7-16(17)18(21)22-19;1-2/h5-10,12,20H,4,11H2,1-3H3;1-2H3. The Kier molecular flexibility index (Phi) is 5.79. The molecule has 1 atom stereocenters. The van der Waals surface area contributed by atoms with E-state index in [4.69, 9.17) is 4.74 Å². The number of aryl methyl sites for hydroxylation is 2. The van der Waals surface area contributed by atoms with Gasteiger partial charge in [-0.3, -0.25) is 5.32 Å². The second-order valence-electron chi connectivity index (χ2n) is 5.84. The minimum Gasteiger partial charge on any atom is -0.431 e. The fourth-order valence-corrected chi connectivity index (χ4v) is 2.93. The van der Waals surface area contributed by atoms with E-state index in [0.717, 1.165) is 24.1 Å². The second-order valence-corrected chi connectivity index (χ2v) is 5.84. The van der Waals surface area contributed by atoms with Crippen LogP contribution in [-0.2, 0) is 10.5 Å². The van der Waals surface area contributed by atoms with Gasteiger partial charge in [-0.2, -0.15) is 0 Å². The van der Waals surface area contributed by atoms with Crippen molar-refractivity contribution >= 4 is 5.97 Å². The summed E-state index contributed by atoms with van der Waals surface area (Å²) in [5.41, 5.74) is 4.06. The van der Waals surface area contributed by atoms with E-state index < -0.39 is 5.72 Å². The van der Waals surface area contributed by atoms with Crippen LogP contribution < -0.4 is 5.32 Å². The van der Waals surface area contributed by atoms with Crippen LogP contribution in [0.15, 0.2) is 42.5 Å². The Morgan fingerprint density at radius 2 is 1.75 bits per heavy atom. The van der Waals surface area contributed by atoms with Crippen molar-refractivity contribution in [2.75, 3.05) is 6.54 Å². The van der Waals surface area contributed by atoms with Crippen molar-refractivity contribution in [2.45, 2.75) is 46.8 Å². The minimum atomic E-state index is -0.873. The lowest BCUT2D eigenvalue weighted by molar-refractivity contribution is -0.00468. The van der Waals surface area contributed by atoms with Crippen LogP contribution in [0.3, 0.4) is 0 Å². The molecule has 1 aliphatic heterocycles. The Hall–Kier alpha value is -2.13. The number of hydrogen-bond donors (Lipinski definition) is 1. The molecule has 2 aromatic rings. The Bertz CT molecular complexity index is 724. The van der Waals surface area contributed by atoms with Gasteiger partial charge in [0.15, 0.2) is 0 Å². The third-order valence-corrected chi connectivity index (χ3v) is 4.31. The molecule has 1 N–H and O–H groups in total. The lowest BCUT2D eigenvalue weighted by Gasteiger charge is -2.31. The third-order valence-electron chi connectivity index (χ3n) is 4.31. The highest BCUT2D eigenvalue weighted by molar-refractivity contribution is 5.95. The zero-order chi connectivity index (χ0) is 17.7. The predicted molar refractivity (Wildman–Crippen MR) is 98.2 cm³/mol. The highest BCUT2D eigenvalue weighted by Gasteiger charge is 2.46. The molecular formula is C21H27NO2. The molecule has 24 heavy (non-hydrogen) atoms. The van der Waals surface area contributed by atoms with Crippen LogP contribution in [0.25, 0.3) is 0 Å². The highest BCUT2D eigenvalue weighted by Crippen LogP contribution is 2.40. The third kappa shape index (κ3) is 3.09. The van der Waals surface area contributed by atoms with Gasteiger partial charge in [-0.15, -0.1) is 0 Å². The molecule has 0 aliphatic carbocycles. The molecule has 0 spiro atoms. The molecule has 3 heteroatoms. The first-order valence-corrected chi connectivity index (χ1v) is 8.74. The summed E-state index contributed by atoms with van der Waals surface area (Å²) < 4.78 is 5.85. The van der Waals surface area contributed by atoms with E-state index in [0.29, 0.717) is 5.56 Å². The van der Waals surface area contributed by atoms with Gasteiger partial charge in [-0.25, -0.2) is 4.79 Å². The van der Waals surface area contributed by atoms with Gasteiger partial charge in [0.1, 0.15) is 0 Å². The molecule has 1 aliphatic rings. The summed E-state index contributed by atoms with van der Waals surface area (Å²) in [5.74, 6) is -0.266. The molecule has 1 heterocycles. The van der Waals surface area contributed by atoms with Crippen molar-refractivity contribution in [2.24, 2.45) is 0 Å². The zero-order valence-electron chi connectivity index (χ0n) is 15.3. The molecule has 3 rings (SSSR count). The van der Waals surface area contributed by atoms with Crippen molar-refractivity contribution in [3.63, 3.8) is 0 Å². The van der Waals surface area contributed by atoms with Gasteiger partial charge in [0.2, 0.25) is 5.72 Å². The van der Waals surface area contributed by atoms with E-state index in [9.17, 15) is 4.79 Å². The summed E-state index contributed by atoms with van der Waals surface area (Å²) in [7, 11) is 0. The number of nitrogens with one attached hydrogen (secondary N) is 1. The first-order valence-electron chi connectivity index (χ1n) is 8.74. The van der Waals surface area contributed by atoms with Gasteiger partial charge in [0.25, 0.3) is 0 Å². The molecule has 1 unspecified atom stereocenters. The Balaban J connectivity index is 0.00000100. The summed E-state index contributed by atoms with van der Waals surface area (Å²) in [4.78, 5) is 12.3.